The van der Waals surface area contributed by atoms with Crippen LogP contribution in [0.2, 0.25) is 0 Å². The summed E-state index contributed by atoms with van der Waals surface area (Å²) in [6.07, 6.45) is 0. The fourth-order valence-corrected chi connectivity index (χ4v) is 0. The quantitative estimate of drug-likeness (QED) is 0.324. The van der Waals surface area contributed by atoms with E-state index < -0.39 is 10.4 Å². The Morgan fingerprint density at radius 1 is 0.562 bits per heavy atom. The van der Waals surface area contributed by atoms with E-state index in [0.29, 0.717) is 0 Å². The second-order valence-electron chi connectivity index (χ2n) is 0.448. The van der Waals surface area contributed by atoms with Gasteiger partial charge in [-0.15, -0.1) is 0 Å². The molecule has 14 nitrogen and oxygen atoms in total. The summed E-state index contributed by atoms with van der Waals surface area (Å²) in [6, 6.07) is 0. The standard InChI is InChI=1S/Mg.H2O4S.10H2O.2H/c;1-5(2,3)4;;;;;;;;;;;;/h;(H2,1,2,3,4);10*1H2;;/q+2;;;;;;;;;;;;2*-1. The van der Waals surface area contributed by atoms with E-state index in [1.165, 1.54) is 0 Å². The molecule has 0 aromatic rings. The maximum Gasteiger partial charge on any atom is 2.00 e. The third kappa shape index (κ3) is 44700. The summed E-state index contributed by atoms with van der Waals surface area (Å²) < 4.78 is 31.6. The van der Waals surface area contributed by atoms with Crippen LogP contribution >= 0.6 is 0 Å². The average Bonchev–Trinajstić information content (AvgIpc) is 0.722. The van der Waals surface area contributed by atoms with Gasteiger partial charge in [-0.1, -0.05) is 0 Å². The summed E-state index contributed by atoms with van der Waals surface area (Å²) in [6.45, 7) is 0. The molecule has 0 spiro atoms. The second-order valence-corrected chi connectivity index (χ2v) is 1.34. The zero-order valence-corrected chi connectivity index (χ0v) is 10.1. The molecule has 22 N–H and O–H groups in total. The smallest absolute Gasteiger partial charge is 1.00 e. The van der Waals surface area contributed by atoms with Gasteiger partial charge < -0.3 is 57.6 Å². The molecule has 116 valence electrons. The Morgan fingerprint density at radius 3 is 0.562 bits per heavy atom. The molecule has 0 aromatic carbocycles. The number of hydrogen-bond acceptors (Lipinski definition) is 2. The number of rotatable bonds is 0. The molecule has 0 aromatic heterocycles. The van der Waals surface area contributed by atoms with Gasteiger partial charge in [0.05, 0.1) is 0 Å². The van der Waals surface area contributed by atoms with Crippen molar-refractivity contribution in [3.05, 3.63) is 0 Å². The molecule has 0 unspecified atom stereocenters. The zero-order valence-electron chi connectivity index (χ0n) is 9.83. The number of hydrogen-bond donors (Lipinski definition) is 2. The van der Waals surface area contributed by atoms with E-state index in [4.69, 9.17) is 17.5 Å². The van der Waals surface area contributed by atoms with Crippen LogP contribution in [0.4, 0.5) is 0 Å². The van der Waals surface area contributed by atoms with Gasteiger partial charge in [0.15, 0.2) is 0 Å². The van der Waals surface area contributed by atoms with E-state index in [-0.39, 0.29) is 80.7 Å². The molecule has 0 saturated carbocycles. The van der Waals surface area contributed by atoms with Gasteiger partial charge in [0.25, 0.3) is 0 Å². The van der Waals surface area contributed by atoms with Gasteiger partial charge in [-0.25, -0.2) is 0 Å². The molecule has 0 aliphatic rings. The Balaban J connectivity index is -0.00000000103. The second kappa shape index (κ2) is 79.4. The molecular weight excluding hydrogens is 280 g/mol. The Morgan fingerprint density at radius 2 is 0.562 bits per heavy atom. The molecule has 0 atom stereocenters. The molecule has 0 heterocycles. The zero-order chi connectivity index (χ0) is 4.50. The van der Waals surface area contributed by atoms with Crippen LogP contribution in [0.1, 0.15) is 2.85 Å². The average molecular weight is 305 g/mol. The Hall–Kier alpha value is 0.236. The molecule has 16 heavy (non-hydrogen) atoms. The van der Waals surface area contributed by atoms with Crippen molar-refractivity contribution in [1.29, 1.82) is 0 Å². The van der Waals surface area contributed by atoms with Gasteiger partial charge in [-0.2, -0.15) is 8.42 Å². The van der Waals surface area contributed by atoms with Gasteiger partial charge in [0.2, 0.25) is 0 Å². The van der Waals surface area contributed by atoms with E-state index in [1.54, 1.807) is 0 Å². The van der Waals surface area contributed by atoms with Crippen LogP contribution in [0.3, 0.4) is 0 Å². The molecule has 0 saturated heterocycles. The van der Waals surface area contributed by atoms with Crippen molar-refractivity contribution in [3.63, 3.8) is 0 Å². The molecule has 0 bridgehead atoms. The normalized spacial score (nSPS) is 3.62. The first-order chi connectivity index (χ1) is 2.00. The van der Waals surface area contributed by atoms with Gasteiger partial charge in [0, 0.05) is 0 Å². The third-order valence-corrected chi connectivity index (χ3v) is 0. The maximum atomic E-state index is 8.74. The van der Waals surface area contributed by atoms with E-state index in [9.17, 15) is 0 Å². The molecule has 0 radical (unpaired) electrons. The van der Waals surface area contributed by atoms with E-state index >= 15 is 0 Å². The Kier molecular flexibility index (Phi) is 1040. The van der Waals surface area contributed by atoms with Crippen LogP contribution in [0, 0.1) is 0 Å². The summed E-state index contributed by atoms with van der Waals surface area (Å²) in [5.41, 5.74) is 0. The molecule has 0 amide bonds. The molecule has 0 rings (SSSR count). The first-order valence-electron chi connectivity index (χ1n) is 0.698. The van der Waals surface area contributed by atoms with Crippen LogP contribution in [-0.4, -0.2) is 95.3 Å². The van der Waals surface area contributed by atoms with Gasteiger partial charge in [-0.3, -0.25) is 9.11 Å². The largest absolute Gasteiger partial charge is 2.00 e. The van der Waals surface area contributed by atoms with E-state index in [1.807, 2.05) is 0 Å². The molecule has 0 fully saturated rings. The van der Waals surface area contributed by atoms with Crippen molar-refractivity contribution >= 4 is 33.5 Å². The van der Waals surface area contributed by atoms with Crippen molar-refractivity contribution in [1.82, 2.24) is 0 Å². The minimum atomic E-state index is -4.67. The van der Waals surface area contributed by atoms with E-state index in [2.05, 4.69) is 0 Å². The minimum absolute atomic E-state index is 0. The van der Waals surface area contributed by atoms with Crippen LogP contribution in [0.5, 0.6) is 0 Å². The monoisotopic (exact) mass is 304 g/mol. The maximum absolute atomic E-state index is 8.74. The predicted octanol–water partition coefficient (Wildman–Crippen LogP) is -9.06. The molecule has 0 aliphatic heterocycles. The first kappa shape index (κ1) is 210. The molecule has 16 heteroatoms. The Labute approximate surface area is 109 Å². The third-order valence-electron chi connectivity index (χ3n) is 0. The van der Waals surface area contributed by atoms with Crippen molar-refractivity contribution in [2.75, 3.05) is 0 Å². The Bertz CT molecular complexity index is 103. The summed E-state index contributed by atoms with van der Waals surface area (Å²) >= 11 is 0. The van der Waals surface area contributed by atoms with Gasteiger partial charge >= 0.3 is 33.5 Å². The summed E-state index contributed by atoms with van der Waals surface area (Å²) in [5.74, 6) is 0. The van der Waals surface area contributed by atoms with Crippen molar-refractivity contribution in [2.45, 2.75) is 0 Å². The molecular formula is H24MgO14S. The van der Waals surface area contributed by atoms with Crippen molar-refractivity contribution < 1.29 is 75.1 Å². The first-order valence-corrected chi connectivity index (χ1v) is 2.10. The van der Waals surface area contributed by atoms with Crippen molar-refractivity contribution in [2.24, 2.45) is 0 Å². The van der Waals surface area contributed by atoms with Crippen LogP contribution < -0.4 is 0 Å². The minimum Gasteiger partial charge on any atom is -1.00 e. The van der Waals surface area contributed by atoms with E-state index in [0.717, 1.165) is 0 Å². The topological polar surface area (TPSA) is 390 Å². The van der Waals surface area contributed by atoms with Gasteiger partial charge in [0.1, 0.15) is 0 Å². The predicted molar refractivity (Wildman–Crippen MR) is 58.3 cm³/mol. The summed E-state index contributed by atoms with van der Waals surface area (Å²) in [5, 5.41) is 0. The SMILES string of the molecule is O.O.O.O.O.O.O.O.O.O.O=S(=O)(O)O.[H-].[H-].[Mg+2]. The van der Waals surface area contributed by atoms with Gasteiger partial charge in [-0.05, 0) is 0 Å². The summed E-state index contributed by atoms with van der Waals surface area (Å²) in [7, 11) is -4.67. The van der Waals surface area contributed by atoms with Crippen LogP contribution in [0.25, 0.3) is 0 Å². The summed E-state index contributed by atoms with van der Waals surface area (Å²) in [4.78, 5) is 0. The fraction of sp³-hybridized carbons (Fsp3) is 0. The molecule has 0 aliphatic carbocycles. The van der Waals surface area contributed by atoms with Crippen molar-refractivity contribution in [3.8, 4) is 0 Å². The fourth-order valence-electron chi connectivity index (χ4n) is 0. The van der Waals surface area contributed by atoms with Crippen LogP contribution in [0.15, 0.2) is 0 Å². The van der Waals surface area contributed by atoms with Crippen LogP contribution in [-0.2, 0) is 10.4 Å².